The molecule has 1 N–H and O–H groups in total. The van der Waals surface area contributed by atoms with Crippen LogP contribution in [0.1, 0.15) is 44.7 Å². The van der Waals surface area contributed by atoms with Gasteiger partial charge in [0, 0.05) is 28.2 Å². The summed E-state index contributed by atoms with van der Waals surface area (Å²) in [7, 11) is 0. The minimum absolute atomic E-state index is 0.0138. The zero-order chi connectivity index (χ0) is 22.3. The molecule has 0 saturated carbocycles. The first-order valence-corrected chi connectivity index (χ1v) is 10.8. The number of nitrogens with one attached hydrogen (secondary N) is 1. The molecule has 4 nitrogen and oxygen atoms in total. The highest BCUT2D eigenvalue weighted by molar-refractivity contribution is 6.31. The van der Waals surface area contributed by atoms with E-state index in [1.165, 1.54) is 17.0 Å². The van der Waals surface area contributed by atoms with E-state index in [9.17, 15) is 14.0 Å². The van der Waals surface area contributed by atoms with Gasteiger partial charge in [-0.25, -0.2) is 4.39 Å². The van der Waals surface area contributed by atoms with Crippen molar-refractivity contribution in [2.75, 3.05) is 0 Å². The van der Waals surface area contributed by atoms with Crippen molar-refractivity contribution in [1.82, 2.24) is 10.2 Å². The molecule has 0 aliphatic carbocycles. The molecule has 0 heterocycles. The van der Waals surface area contributed by atoms with E-state index >= 15 is 0 Å². The monoisotopic (exact) mass is 452 g/mol. The Morgan fingerprint density at radius 1 is 1.07 bits per heavy atom. The van der Waals surface area contributed by atoms with E-state index < -0.39 is 11.9 Å². The number of amides is 2. The summed E-state index contributed by atoms with van der Waals surface area (Å²) in [6, 6.07) is 10.7. The zero-order valence-corrected chi connectivity index (χ0v) is 18.9. The normalized spacial score (nSPS) is 12.9. The smallest absolute Gasteiger partial charge is 0.243 e. The third-order valence-corrected chi connectivity index (χ3v) is 5.65. The van der Waals surface area contributed by atoms with Crippen molar-refractivity contribution in [3.8, 4) is 0 Å². The van der Waals surface area contributed by atoms with Crippen LogP contribution in [0.2, 0.25) is 10.0 Å². The van der Waals surface area contributed by atoms with Crippen LogP contribution >= 0.6 is 23.2 Å². The van der Waals surface area contributed by atoms with E-state index in [0.29, 0.717) is 11.4 Å². The summed E-state index contributed by atoms with van der Waals surface area (Å²) in [5, 5.41) is 3.71. The lowest BCUT2D eigenvalue weighted by Gasteiger charge is -2.31. The molecule has 0 fully saturated rings. The molecule has 0 radical (unpaired) electrons. The molecule has 2 amide bonds. The molecule has 7 heteroatoms. The summed E-state index contributed by atoms with van der Waals surface area (Å²) in [4.78, 5) is 27.6. The van der Waals surface area contributed by atoms with Gasteiger partial charge in [-0.15, -0.1) is 0 Å². The highest BCUT2D eigenvalue weighted by Gasteiger charge is 2.30. The zero-order valence-electron chi connectivity index (χ0n) is 17.4. The van der Waals surface area contributed by atoms with Gasteiger partial charge in [0.05, 0.1) is 6.42 Å². The lowest BCUT2D eigenvalue weighted by atomic mass is 10.1. The first-order chi connectivity index (χ1) is 14.3. The maximum Gasteiger partial charge on any atom is 0.243 e. The molecule has 0 saturated heterocycles. The van der Waals surface area contributed by atoms with Crippen LogP contribution < -0.4 is 5.32 Å². The van der Waals surface area contributed by atoms with Crippen LogP contribution in [-0.4, -0.2) is 28.8 Å². The second kappa shape index (κ2) is 11.3. The molecule has 0 aromatic heterocycles. The van der Waals surface area contributed by atoms with E-state index in [1.807, 2.05) is 20.8 Å². The van der Waals surface area contributed by atoms with Crippen molar-refractivity contribution in [2.24, 2.45) is 0 Å². The van der Waals surface area contributed by atoms with Gasteiger partial charge in [0.1, 0.15) is 11.9 Å². The van der Waals surface area contributed by atoms with E-state index in [1.54, 1.807) is 30.3 Å². The Morgan fingerprint density at radius 3 is 2.30 bits per heavy atom. The van der Waals surface area contributed by atoms with Crippen LogP contribution in [-0.2, 0) is 22.6 Å². The first-order valence-electron chi connectivity index (χ1n) is 10.0. The molecular formula is C23H27Cl2FN2O2. The summed E-state index contributed by atoms with van der Waals surface area (Å²) < 4.78 is 14.3. The number of hydrogen-bond acceptors (Lipinski definition) is 2. The first kappa shape index (κ1) is 24.2. The minimum Gasteiger partial charge on any atom is -0.352 e. The second-order valence-electron chi connectivity index (χ2n) is 7.27. The van der Waals surface area contributed by atoms with Crippen LogP contribution in [0.5, 0.6) is 0 Å². The van der Waals surface area contributed by atoms with Crippen molar-refractivity contribution in [3.05, 3.63) is 69.5 Å². The average molecular weight is 453 g/mol. The molecule has 0 aliphatic heterocycles. The Labute approximate surface area is 187 Å². The number of carbonyl (C=O) groups is 2. The van der Waals surface area contributed by atoms with Gasteiger partial charge < -0.3 is 10.2 Å². The molecule has 2 aromatic rings. The molecule has 162 valence electrons. The fourth-order valence-corrected chi connectivity index (χ4v) is 3.46. The van der Waals surface area contributed by atoms with Gasteiger partial charge in [0.2, 0.25) is 11.8 Å². The quantitative estimate of drug-likeness (QED) is 0.553. The summed E-state index contributed by atoms with van der Waals surface area (Å²) in [5.41, 5.74) is 0.949. The summed E-state index contributed by atoms with van der Waals surface area (Å²) in [6.45, 7) is 5.94. The van der Waals surface area contributed by atoms with E-state index in [0.717, 1.165) is 12.0 Å². The van der Waals surface area contributed by atoms with Crippen molar-refractivity contribution in [3.63, 3.8) is 0 Å². The molecule has 30 heavy (non-hydrogen) atoms. The lowest BCUT2D eigenvalue weighted by Crippen LogP contribution is -2.51. The lowest BCUT2D eigenvalue weighted by molar-refractivity contribution is -0.141. The predicted octanol–water partition coefficient (Wildman–Crippen LogP) is 5.40. The number of halogens is 3. The highest BCUT2D eigenvalue weighted by atomic mass is 35.5. The molecule has 2 atom stereocenters. The topological polar surface area (TPSA) is 49.4 Å². The Morgan fingerprint density at radius 2 is 1.73 bits per heavy atom. The van der Waals surface area contributed by atoms with Crippen LogP contribution in [0.4, 0.5) is 4.39 Å². The van der Waals surface area contributed by atoms with Crippen molar-refractivity contribution >= 4 is 35.0 Å². The molecule has 0 unspecified atom stereocenters. The van der Waals surface area contributed by atoms with E-state index in [2.05, 4.69) is 5.32 Å². The molecule has 0 aliphatic rings. The fraction of sp³-hybridized carbons (Fsp3) is 0.391. The van der Waals surface area contributed by atoms with Crippen LogP contribution in [0.25, 0.3) is 0 Å². The highest BCUT2D eigenvalue weighted by Crippen LogP contribution is 2.22. The Balaban J connectivity index is 2.34. The van der Waals surface area contributed by atoms with Gasteiger partial charge in [-0.1, -0.05) is 55.2 Å². The van der Waals surface area contributed by atoms with E-state index in [-0.39, 0.29) is 41.4 Å². The standard InChI is InChI=1S/C23H27Cl2FN2O2/c1-4-15(3)27-23(30)21(5-2)28(14-16-9-11-17(24)12-10-16)22(29)13-18-19(25)7-6-8-20(18)26/h6-12,15,21H,4-5,13-14H2,1-3H3,(H,27,30)/t15-,21+/m0/s1. The maximum atomic E-state index is 14.3. The Bertz CT molecular complexity index is 854. The second-order valence-corrected chi connectivity index (χ2v) is 8.11. The Kier molecular flexibility index (Phi) is 9.12. The van der Waals surface area contributed by atoms with Gasteiger partial charge in [-0.05, 0) is 49.6 Å². The summed E-state index contributed by atoms with van der Waals surface area (Å²) in [6.07, 6.45) is 0.969. The van der Waals surface area contributed by atoms with Crippen LogP contribution in [0.15, 0.2) is 42.5 Å². The van der Waals surface area contributed by atoms with Crippen molar-refractivity contribution < 1.29 is 14.0 Å². The molecule has 0 bridgehead atoms. The van der Waals surface area contributed by atoms with Crippen molar-refractivity contribution in [2.45, 2.75) is 58.7 Å². The van der Waals surface area contributed by atoms with Gasteiger partial charge in [0.25, 0.3) is 0 Å². The number of nitrogens with zero attached hydrogens (tertiary/aromatic N) is 1. The van der Waals surface area contributed by atoms with E-state index in [4.69, 9.17) is 23.2 Å². The molecule has 2 aromatic carbocycles. The average Bonchev–Trinajstić information content (AvgIpc) is 2.71. The van der Waals surface area contributed by atoms with Gasteiger partial charge in [-0.3, -0.25) is 9.59 Å². The number of rotatable bonds is 9. The number of benzene rings is 2. The van der Waals surface area contributed by atoms with Crippen LogP contribution in [0.3, 0.4) is 0 Å². The van der Waals surface area contributed by atoms with Gasteiger partial charge >= 0.3 is 0 Å². The molecule has 0 spiro atoms. The maximum absolute atomic E-state index is 14.3. The van der Waals surface area contributed by atoms with Gasteiger partial charge in [-0.2, -0.15) is 0 Å². The third kappa shape index (κ3) is 6.44. The largest absolute Gasteiger partial charge is 0.352 e. The molecule has 2 rings (SSSR count). The van der Waals surface area contributed by atoms with Gasteiger partial charge in [0.15, 0.2) is 0 Å². The number of carbonyl (C=O) groups excluding carboxylic acids is 2. The SMILES string of the molecule is CC[C@H](C(=O)N[C@@H](C)CC)N(Cc1ccc(Cl)cc1)C(=O)Cc1c(F)cccc1Cl. The van der Waals surface area contributed by atoms with Crippen molar-refractivity contribution in [1.29, 1.82) is 0 Å². The fourth-order valence-electron chi connectivity index (χ4n) is 3.10. The summed E-state index contributed by atoms with van der Waals surface area (Å²) >= 11 is 12.1. The third-order valence-electron chi connectivity index (χ3n) is 5.04. The number of hydrogen-bond donors (Lipinski definition) is 1. The Hall–Kier alpha value is -2.11. The van der Waals surface area contributed by atoms with Crippen LogP contribution in [0, 0.1) is 5.82 Å². The molecular weight excluding hydrogens is 426 g/mol. The minimum atomic E-state index is -0.687. The summed E-state index contributed by atoms with van der Waals surface area (Å²) in [5.74, 6) is -1.14. The predicted molar refractivity (Wildman–Crippen MR) is 119 cm³/mol.